The standard InChI is InChI=1S/C11H16N8O2/c1-3-13-9-16-10(14-5-8(20)21-4-2)18-11(17-9)19-7-12-6-15-19/h6-7H,3-5H2,1-2H3,(H2,13,14,16,17,18). The summed E-state index contributed by atoms with van der Waals surface area (Å²) < 4.78 is 6.23. The van der Waals surface area contributed by atoms with E-state index in [0.29, 0.717) is 25.0 Å². The van der Waals surface area contributed by atoms with Gasteiger partial charge in [-0.05, 0) is 13.8 Å². The number of ether oxygens (including phenoxy) is 1. The zero-order chi connectivity index (χ0) is 15.1. The second kappa shape index (κ2) is 7.12. The monoisotopic (exact) mass is 292 g/mol. The third kappa shape index (κ3) is 4.09. The van der Waals surface area contributed by atoms with Gasteiger partial charge in [-0.2, -0.15) is 24.7 Å². The quantitative estimate of drug-likeness (QED) is 0.671. The molecule has 0 radical (unpaired) electrons. The van der Waals surface area contributed by atoms with Crippen molar-refractivity contribution in [1.82, 2.24) is 29.7 Å². The minimum atomic E-state index is -0.384. The summed E-state index contributed by atoms with van der Waals surface area (Å²) in [5.41, 5.74) is 0. The van der Waals surface area contributed by atoms with Gasteiger partial charge in [-0.15, -0.1) is 0 Å². The van der Waals surface area contributed by atoms with E-state index in [1.54, 1.807) is 6.92 Å². The predicted octanol–water partition coefficient (Wildman–Crippen LogP) is -0.141. The summed E-state index contributed by atoms with van der Waals surface area (Å²) in [5, 5.41) is 9.73. The lowest BCUT2D eigenvalue weighted by Crippen LogP contribution is -2.19. The second-order valence-corrected chi connectivity index (χ2v) is 3.81. The molecular formula is C11H16N8O2. The number of nitrogens with one attached hydrogen (secondary N) is 2. The second-order valence-electron chi connectivity index (χ2n) is 3.81. The molecule has 0 amide bonds. The molecule has 0 saturated carbocycles. The number of esters is 1. The number of carbonyl (C=O) groups is 1. The molecule has 112 valence electrons. The molecule has 0 aliphatic carbocycles. The van der Waals surface area contributed by atoms with Crippen LogP contribution in [-0.2, 0) is 9.53 Å². The maximum atomic E-state index is 11.3. The first kappa shape index (κ1) is 14.6. The smallest absolute Gasteiger partial charge is 0.325 e. The lowest BCUT2D eigenvalue weighted by atomic mass is 10.6. The van der Waals surface area contributed by atoms with E-state index in [9.17, 15) is 4.79 Å². The summed E-state index contributed by atoms with van der Waals surface area (Å²) in [4.78, 5) is 27.7. The van der Waals surface area contributed by atoms with Gasteiger partial charge in [-0.25, -0.2) is 4.98 Å². The van der Waals surface area contributed by atoms with E-state index in [-0.39, 0.29) is 18.5 Å². The molecule has 0 unspecified atom stereocenters. The molecule has 0 aromatic carbocycles. The van der Waals surface area contributed by atoms with E-state index in [4.69, 9.17) is 4.74 Å². The number of rotatable bonds is 7. The van der Waals surface area contributed by atoms with Crippen LogP contribution in [0.15, 0.2) is 12.7 Å². The van der Waals surface area contributed by atoms with Crippen molar-refractivity contribution in [1.29, 1.82) is 0 Å². The molecule has 0 aliphatic rings. The van der Waals surface area contributed by atoms with Crippen LogP contribution >= 0.6 is 0 Å². The van der Waals surface area contributed by atoms with E-state index in [2.05, 4.69) is 35.7 Å². The molecule has 2 aromatic rings. The molecule has 10 heteroatoms. The molecule has 2 N–H and O–H groups in total. The zero-order valence-corrected chi connectivity index (χ0v) is 11.8. The van der Waals surface area contributed by atoms with E-state index in [0.717, 1.165) is 0 Å². The maximum Gasteiger partial charge on any atom is 0.325 e. The average Bonchev–Trinajstić information content (AvgIpc) is 3.00. The fraction of sp³-hybridized carbons (Fsp3) is 0.455. The molecule has 0 aliphatic heterocycles. The molecule has 2 aromatic heterocycles. The van der Waals surface area contributed by atoms with E-state index in [1.165, 1.54) is 17.3 Å². The van der Waals surface area contributed by atoms with Crippen molar-refractivity contribution < 1.29 is 9.53 Å². The fourth-order valence-electron chi connectivity index (χ4n) is 1.46. The fourth-order valence-corrected chi connectivity index (χ4v) is 1.46. The first-order chi connectivity index (χ1) is 10.2. The van der Waals surface area contributed by atoms with Crippen LogP contribution in [-0.4, -0.2) is 55.4 Å². The lowest BCUT2D eigenvalue weighted by Gasteiger charge is -2.08. The highest BCUT2D eigenvalue weighted by Gasteiger charge is 2.10. The largest absolute Gasteiger partial charge is 0.465 e. The van der Waals surface area contributed by atoms with Gasteiger partial charge in [0.2, 0.25) is 11.9 Å². The summed E-state index contributed by atoms with van der Waals surface area (Å²) >= 11 is 0. The van der Waals surface area contributed by atoms with Crippen molar-refractivity contribution in [2.24, 2.45) is 0 Å². The summed E-state index contributed by atoms with van der Waals surface area (Å²) in [6.07, 6.45) is 2.85. The van der Waals surface area contributed by atoms with Crippen molar-refractivity contribution in [3.8, 4) is 5.95 Å². The van der Waals surface area contributed by atoms with Crippen LogP contribution in [0.3, 0.4) is 0 Å². The van der Waals surface area contributed by atoms with Crippen molar-refractivity contribution in [2.75, 3.05) is 30.3 Å². The first-order valence-electron chi connectivity index (χ1n) is 6.47. The van der Waals surface area contributed by atoms with Crippen LogP contribution in [0.5, 0.6) is 0 Å². The minimum Gasteiger partial charge on any atom is -0.465 e. The van der Waals surface area contributed by atoms with Crippen molar-refractivity contribution in [3.63, 3.8) is 0 Å². The lowest BCUT2D eigenvalue weighted by molar-refractivity contribution is -0.140. The van der Waals surface area contributed by atoms with Gasteiger partial charge in [0, 0.05) is 6.54 Å². The summed E-state index contributed by atoms with van der Waals surface area (Å²) in [6.45, 7) is 4.61. The highest BCUT2D eigenvalue weighted by atomic mass is 16.5. The minimum absolute atomic E-state index is 0.0276. The Labute approximate surface area is 121 Å². The molecule has 0 bridgehead atoms. The van der Waals surface area contributed by atoms with Gasteiger partial charge in [-0.3, -0.25) is 4.79 Å². The summed E-state index contributed by atoms with van der Waals surface area (Å²) in [7, 11) is 0. The molecule has 0 spiro atoms. The van der Waals surface area contributed by atoms with Gasteiger partial charge >= 0.3 is 5.97 Å². The van der Waals surface area contributed by atoms with E-state index < -0.39 is 0 Å². The Morgan fingerprint density at radius 1 is 1.24 bits per heavy atom. The van der Waals surface area contributed by atoms with Gasteiger partial charge < -0.3 is 15.4 Å². The highest BCUT2D eigenvalue weighted by Crippen LogP contribution is 2.08. The molecule has 21 heavy (non-hydrogen) atoms. The molecule has 0 saturated heterocycles. The maximum absolute atomic E-state index is 11.3. The third-order valence-corrected chi connectivity index (χ3v) is 2.28. The van der Waals surface area contributed by atoms with Gasteiger partial charge in [0.1, 0.15) is 19.2 Å². The molecule has 0 fully saturated rings. The number of anilines is 2. The number of nitrogens with zero attached hydrogens (tertiary/aromatic N) is 6. The number of aromatic nitrogens is 6. The number of carbonyl (C=O) groups excluding carboxylic acids is 1. The van der Waals surface area contributed by atoms with Crippen LogP contribution in [0.1, 0.15) is 13.8 Å². The van der Waals surface area contributed by atoms with Crippen LogP contribution in [0.25, 0.3) is 5.95 Å². The zero-order valence-electron chi connectivity index (χ0n) is 11.8. The first-order valence-corrected chi connectivity index (χ1v) is 6.47. The SMILES string of the molecule is CCNc1nc(NCC(=O)OCC)nc(-n2cncn2)n1. The molecule has 10 nitrogen and oxygen atoms in total. The Morgan fingerprint density at radius 2 is 2.00 bits per heavy atom. The predicted molar refractivity (Wildman–Crippen MR) is 74.0 cm³/mol. The molecular weight excluding hydrogens is 276 g/mol. The van der Waals surface area contributed by atoms with Gasteiger partial charge in [0.05, 0.1) is 6.61 Å². The third-order valence-electron chi connectivity index (χ3n) is 2.28. The normalized spacial score (nSPS) is 10.2. The van der Waals surface area contributed by atoms with Crippen LogP contribution < -0.4 is 10.6 Å². The van der Waals surface area contributed by atoms with Crippen LogP contribution in [0.2, 0.25) is 0 Å². The Kier molecular flexibility index (Phi) is 4.96. The summed E-state index contributed by atoms with van der Waals surface area (Å²) in [5.74, 6) is 0.541. The van der Waals surface area contributed by atoms with Gasteiger partial charge in [0.25, 0.3) is 5.95 Å². The highest BCUT2D eigenvalue weighted by molar-refractivity contribution is 5.74. The Morgan fingerprint density at radius 3 is 2.62 bits per heavy atom. The Bertz CT molecular complexity index is 586. The van der Waals surface area contributed by atoms with Crippen molar-refractivity contribution >= 4 is 17.9 Å². The van der Waals surface area contributed by atoms with E-state index >= 15 is 0 Å². The Balaban J connectivity index is 2.17. The molecule has 0 atom stereocenters. The van der Waals surface area contributed by atoms with Crippen molar-refractivity contribution in [2.45, 2.75) is 13.8 Å². The van der Waals surface area contributed by atoms with Gasteiger partial charge in [0.15, 0.2) is 0 Å². The Hall–Kier alpha value is -2.78. The average molecular weight is 292 g/mol. The topological polar surface area (TPSA) is 120 Å². The number of hydrogen-bond donors (Lipinski definition) is 2. The van der Waals surface area contributed by atoms with Crippen LogP contribution in [0.4, 0.5) is 11.9 Å². The summed E-state index contributed by atoms with van der Waals surface area (Å²) in [6, 6.07) is 0. The van der Waals surface area contributed by atoms with E-state index in [1.807, 2.05) is 6.92 Å². The van der Waals surface area contributed by atoms with Gasteiger partial charge in [-0.1, -0.05) is 0 Å². The van der Waals surface area contributed by atoms with Crippen molar-refractivity contribution in [3.05, 3.63) is 12.7 Å². The van der Waals surface area contributed by atoms with Crippen LogP contribution in [0, 0.1) is 0 Å². The molecule has 2 rings (SSSR count). The number of hydrogen-bond acceptors (Lipinski definition) is 9. The molecule has 2 heterocycles.